The van der Waals surface area contributed by atoms with E-state index in [0.29, 0.717) is 28.1 Å². The minimum absolute atomic E-state index is 0.0165. The molecule has 1 amide bonds. The van der Waals surface area contributed by atoms with Gasteiger partial charge in [-0.15, -0.1) is 0 Å². The Morgan fingerprint density at radius 2 is 2.12 bits per heavy atom. The zero-order chi connectivity index (χ0) is 17.1. The Morgan fingerprint density at radius 3 is 2.92 bits per heavy atom. The number of aromatic nitrogens is 2. The van der Waals surface area contributed by atoms with Crippen LogP contribution in [0.25, 0.3) is 10.8 Å². The van der Waals surface area contributed by atoms with Crippen molar-refractivity contribution in [1.82, 2.24) is 15.6 Å². The molecule has 2 heterocycles. The summed E-state index contributed by atoms with van der Waals surface area (Å²) in [6.07, 6.45) is 1.95. The van der Waals surface area contributed by atoms with Crippen molar-refractivity contribution in [2.75, 3.05) is 6.61 Å². The molecule has 2 aromatic heterocycles. The third-order valence-electron chi connectivity index (χ3n) is 3.28. The molecule has 0 saturated carbocycles. The average Bonchev–Trinajstić information content (AvgIpc) is 3.06. The molecule has 0 aliphatic carbocycles. The average molecular weight is 368 g/mol. The molecule has 0 unspecified atom stereocenters. The molecule has 9 heteroatoms. The summed E-state index contributed by atoms with van der Waals surface area (Å²) in [5, 5.41) is 14.4. The lowest BCUT2D eigenvalue weighted by molar-refractivity contribution is 0.0696. The maximum Gasteiger partial charge on any atom is 0.296 e. The third kappa shape index (κ3) is 3.28. The van der Waals surface area contributed by atoms with E-state index in [-0.39, 0.29) is 12.3 Å². The maximum absolute atomic E-state index is 11.2. The van der Waals surface area contributed by atoms with Crippen molar-refractivity contribution in [2.45, 2.75) is 6.42 Å². The minimum Gasteiger partial charge on any atom is -0.477 e. The zero-order valence-corrected chi connectivity index (χ0v) is 13.6. The molecule has 0 radical (unpaired) electrons. The summed E-state index contributed by atoms with van der Waals surface area (Å²) in [6, 6.07) is 6.63. The van der Waals surface area contributed by atoms with Gasteiger partial charge in [0.15, 0.2) is 5.69 Å². The van der Waals surface area contributed by atoms with Crippen molar-refractivity contribution in [2.24, 2.45) is 0 Å². The normalized spacial score (nSPS) is 10.8. The molecular formula is C15H11Cl2N3O4. The van der Waals surface area contributed by atoms with Crippen LogP contribution in [0.2, 0.25) is 10.0 Å². The van der Waals surface area contributed by atoms with Gasteiger partial charge in [0.2, 0.25) is 5.88 Å². The van der Waals surface area contributed by atoms with E-state index in [9.17, 15) is 4.79 Å². The summed E-state index contributed by atoms with van der Waals surface area (Å²) >= 11 is 12.2. The number of nitrogens with zero attached hydrogens (tertiary/aromatic N) is 2. The Labute approximate surface area is 146 Å². The van der Waals surface area contributed by atoms with E-state index in [4.69, 9.17) is 37.7 Å². The number of hydrogen-bond donors (Lipinski definition) is 2. The molecule has 0 aliphatic rings. The first-order chi connectivity index (χ1) is 11.6. The van der Waals surface area contributed by atoms with Gasteiger partial charge >= 0.3 is 0 Å². The number of hydrogen-bond acceptors (Lipinski definition) is 6. The molecule has 0 fully saturated rings. The van der Waals surface area contributed by atoms with E-state index in [1.165, 1.54) is 11.5 Å². The summed E-state index contributed by atoms with van der Waals surface area (Å²) in [5.41, 5.74) is 1.46. The van der Waals surface area contributed by atoms with E-state index in [1.54, 1.807) is 24.4 Å². The molecule has 7 nitrogen and oxygen atoms in total. The van der Waals surface area contributed by atoms with E-state index in [0.717, 1.165) is 10.8 Å². The van der Waals surface area contributed by atoms with Crippen LogP contribution in [0.3, 0.4) is 0 Å². The van der Waals surface area contributed by atoms with Crippen molar-refractivity contribution >= 4 is 39.9 Å². The van der Waals surface area contributed by atoms with Gasteiger partial charge in [0, 0.05) is 29.5 Å². The number of benzene rings is 1. The van der Waals surface area contributed by atoms with Crippen LogP contribution in [0.1, 0.15) is 16.2 Å². The van der Waals surface area contributed by atoms with Crippen LogP contribution < -0.4 is 10.2 Å². The molecule has 0 atom stereocenters. The Hall–Kier alpha value is -2.35. The molecule has 0 spiro atoms. The Bertz CT molecular complexity index is 898. The summed E-state index contributed by atoms with van der Waals surface area (Å²) < 4.78 is 10.7. The van der Waals surface area contributed by atoms with Gasteiger partial charge in [0.05, 0.1) is 16.7 Å². The summed E-state index contributed by atoms with van der Waals surface area (Å²) in [7, 11) is 0. The lowest BCUT2D eigenvalue weighted by Gasteiger charge is -2.08. The second kappa shape index (κ2) is 7.04. The first-order valence-electron chi connectivity index (χ1n) is 6.85. The Morgan fingerprint density at radius 1 is 1.29 bits per heavy atom. The fourth-order valence-electron chi connectivity index (χ4n) is 2.12. The highest BCUT2D eigenvalue weighted by Crippen LogP contribution is 2.34. The molecule has 1 aromatic carbocycles. The minimum atomic E-state index is -0.742. The number of hydroxylamine groups is 1. The van der Waals surface area contributed by atoms with Crippen LogP contribution in [0.5, 0.6) is 5.88 Å². The molecular weight excluding hydrogens is 357 g/mol. The second-order valence-electron chi connectivity index (χ2n) is 4.79. The van der Waals surface area contributed by atoms with Gasteiger partial charge in [-0.25, -0.2) is 10.5 Å². The van der Waals surface area contributed by atoms with Gasteiger partial charge in [-0.2, -0.15) is 0 Å². The fourth-order valence-corrected chi connectivity index (χ4v) is 2.52. The summed E-state index contributed by atoms with van der Waals surface area (Å²) in [6.45, 7) is 0.252. The van der Waals surface area contributed by atoms with Crippen LogP contribution in [-0.4, -0.2) is 27.9 Å². The molecule has 124 valence electrons. The first kappa shape index (κ1) is 16.5. The molecule has 0 saturated heterocycles. The van der Waals surface area contributed by atoms with Crippen LogP contribution >= 0.6 is 23.2 Å². The van der Waals surface area contributed by atoms with Gasteiger partial charge in [-0.05, 0) is 18.2 Å². The molecule has 3 rings (SSSR count). The lowest BCUT2D eigenvalue weighted by Crippen LogP contribution is -2.18. The number of rotatable bonds is 5. The van der Waals surface area contributed by atoms with Crippen molar-refractivity contribution in [1.29, 1.82) is 0 Å². The van der Waals surface area contributed by atoms with Crippen LogP contribution in [-0.2, 0) is 6.42 Å². The second-order valence-corrected chi connectivity index (χ2v) is 5.58. The van der Waals surface area contributed by atoms with E-state index in [2.05, 4.69) is 10.1 Å². The molecule has 2 N–H and O–H groups in total. The summed E-state index contributed by atoms with van der Waals surface area (Å²) in [5.74, 6) is 0.113. The number of fused-ring (bicyclic) bond motifs is 1. The number of ether oxygens (including phenoxy) is 1. The monoisotopic (exact) mass is 367 g/mol. The lowest BCUT2D eigenvalue weighted by atomic mass is 10.2. The standard InChI is InChI=1S/C15H11Cl2N3O4/c16-11-2-1-10-9(13(11)17)3-5-18-15(10)23-6-4-8-7-12(20-24-8)14(21)19-22/h1-3,5,7,22H,4,6H2,(H,19,21). The van der Waals surface area contributed by atoms with Gasteiger partial charge in [-0.3, -0.25) is 10.0 Å². The zero-order valence-electron chi connectivity index (χ0n) is 12.1. The number of halogens is 2. The maximum atomic E-state index is 11.2. The highest BCUT2D eigenvalue weighted by Gasteiger charge is 2.13. The van der Waals surface area contributed by atoms with Gasteiger partial charge < -0.3 is 9.26 Å². The van der Waals surface area contributed by atoms with Gasteiger partial charge in [-0.1, -0.05) is 28.4 Å². The van der Waals surface area contributed by atoms with Crippen molar-refractivity contribution in [3.63, 3.8) is 0 Å². The number of carbonyl (C=O) groups excluding carboxylic acids is 1. The number of carbonyl (C=O) groups is 1. The van der Waals surface area contributed by atoms with Crippen LogP contribution in [0.15, 0.2) is 35.0 Å². The third-order valence-corrected chi connectivity index (χ3v) is 4.10. The highest BCUT2D eigenvalue weighted by atomic mass is 35.5. The van der Waals surface area contributed by atoms with Crippen LogP contribution in [0, 0.1) is 0 Å². The predicted octanol–water partition coefficient (Wildman–Crippen LogP) is 3.27. The molecule has 0 bridgehead atoms. The first-order valence-corrected chi connectivity index (χ1v) is 7.61. The van der Waals surface area contributed by atoms with E-state index in [1.807, 2.05) is 0 Å². The Balaban J connectivity index is 1.71. The topological polar surface area (TPSA) is 97.5 Å². The summed E-state index contributed by atoms with van der Waals surface area (Å²) in [4.78, 5) is 15.4. The fraction of sp³-hybridized carbons (Fsp3) is 0.133. The quantitative estimate of drug-likeness (QED) is 0.530. The highest BCUT2D eigenvalue weighted by molar-refractivity contribution is 6.45. The van der Waals surface area contributed by atoms with E-state index < -0.39 is 5.91 Å². The SMILES string of the molecule is O=C(NO)c1cc(CCOc2nccc3c(Cl)c(Cl)ccc23)on1. The predicted molar refractivity (Wildman–Crippen MR) is 86.7 cm³/mol. The van der Waals surface area contributed by atoms with Crippen molar-refractivity contribution in [3.8, 4) is 5.88 Å². The van der Waals surface area contributed by atoms with E-state index >= 15 is 0 Å². The van der Waals surface area contributed by atoms with Gasteiger partial charge in [0.25, 0.3) is 5.91 Å². The number of pyridine rings is 1. The largest absolute Gasteiger partial charge is 0.477 e. The van der Waals surface area contributed by atoms with Gasteiger partial charge in [0.1, 0.15) is 5.76 Å². The smallest absolute Gasteiger partial charge is 0.296 e. The molecule has 0 aliphatic heterocycles. The van der Waals surface area contributed by atoms with Crippen molar-refractivity contribution in [3.05, 3.63) is 52.0 Å². The van der Waals surface area contributed by atoms with Crippen molar-refractivity contribution < 1.29 is 19.3 Å². The molecule has 3 aromatic rings. The Kier molecular flexibility index (Phi) is 4.84. The molecule has 24 heavy (non-hydrogen) atoms. The number of nitrogens with one attached hydrogen (secondary N) is 1. The van der Waals surface area contributed by atoms with Crippen LogP contribution in [0.4, 0.5) is 0 Å². The number of amides is 1.